The van der Waals surface area contributed by atoms with Gasteiger partial charge < -0.3 is 0 Å². The van der Waals surface area contributed by atoms with Crippen molar-refractivity contribution in [2.45, 2.75) is 24.1 Å². The Morgan fingerprint density at radius 2 is 2.14 bits per heavy atom. The van der Waals surface area contributed by atoms with Crippen LogP contribution in [-0.4, -0.2) is 4.83 Å². The van der Waals surface area contributed by atoms with Gasteiger partial charge in [0.25, 0.3) is 0 Å². The molecule has 2 saturated carbocycles. The van der Waals surface area contributed by atoms with E-state index in [1.54, 1.807) is 0 Å². The minimum Gasteiger partial charge on any atom is -0.0887 e. The molecule has 0 heterocycles. The predicted octanol–water partition coefficient (Wildman–Crippen LogP) is 2.18. The van der Waals surface area contributed by atoms with E-state index in [1.807, 2.05) is 0 Å². The molecule has 0 amide bonds. The highest BCUT2D eigenvalue weighted by atomic mass is 79.9. The molecule has 0 saturated heterocycles. The van der Waals surface area contributed by atoms with Crippen molar-refractivity contribution in [1.29, 1.82) is 0 Å². The van der Waals surface area contributed by atoms with E-state index in [1.165, 1.54) is 19.3 Å². The maximum Gasteiger partial charge on any atom is 0.0179 e. The summed E-state index contributed by atoms with van der Waals surface area (Å²) < 4.78 is 0. The first-order chi connectivity index (χ1) is 3.38. The fourth-order valence-electron chi connectivity index (χ4n) is 1.63. The second-order valence-corrected chi connectivity index (χ2v) is 3.93. The molecule has 2 unspecified atom stereocenters. The van der Waals surface area contributed by atoms with Crippen LogP contribution < -0.4 is 0 Å². The van der Waals surface area contributed by atoms with E-state index < -0.39 is 0 Å². The molecule has 3 atom stereocenters. The molecule has 0 radical (unpaired) electrons. The van der Waals surface area contributed by atoms with Crippen molar-refractivity contribution in [2.24, 2.45) is 11.8 Å². The fourth-order valence-corrected chi connectivity index (χ4v) is 2.81. The van der Waals surface area contributed by atoms with Crippen molar-refractivity contribution in [1.82, 2.24) is 0 Å². The smallest absolute Gasteiger partial charge is 0.0179 e. The van der Waals surface area contributed by atoms with Crippen LogP contribution in [0.4, 0.5) is 0 Å². The first-order valence-corrected chi connectivity index (χ1v) is 3.93. The highest BCUT2D eigenvalue weighted by Gasteiger charge is 2.45. The number of halogens is 1. The third-order valence-electron chi connectivity index (χ3n) is 2.47. The molecule has 7 heavy (non-hydrogen) atoms. The maximum atomic E-state index is 3.62. The summed E-state index contributed by atoms with van der Waals surface area (Å²) in [6.45, 7) is 0. The van der Waals surface area contributed by atoms with Gasteiger partial charge in [-0.25, -0.2) is 0 Å². The SMILES string of the molecule is BrC1C[C@H]2CCC12. The molecule has 2 aliphatic rings. The van der Waals surface area contributed by atoms with E-state index in [-0.39, 0.29) is 0 Å². The summed E-state index contributed by atoms with van der Waals surface area (Å²) in [5.41, 5.74) is 0. The zero-order chi connectivity index (χ0) is 4.85. The molecule has 0 N–H and O–H groups in total. The lowest BCUT2D eigenvalue weighted by Crippen LogP contribution is -2.44. The topological polar surface area (TPSA) is 0 Å². The van der Waals surface area contributed by atoms with Crippen LogP contribution in [0.5, 0.6) is 0 Å². The van der Waals surface area contributed by atoms with Crippen LogP contribution >= 0.6 is 15.9 Å². The van der Waals surface area contributed by atoms with Crippen LogP contribution in [0, 0.1) is 11.8 Å². The number of hydrogen-bond acceptors (Lipinski definition) is 0. The van der Waals surface area contributed by atoms with Crippen molar-refractivity contribution in [3.63, 3.8) is 0 Å². The van der Waals surface area contributed by atoms with Gasteiger partial charge in [-0.1, -0.05) is 15.9 Å². The summed E-state index contributed by atoms with van der Waals surface area (Å²) in [6.07, 6.45) is 4.48. The Bertz CT molecular complexity index is 86.2. The lowest BCUT2D eigenvalue weighted by molar-refractivity contribution is 0.0682. The maximum absolute atomic E-state index is 3.62. The van der Waals surface area contributed by atoms with Gasteiger partial charge in [-0.3, -0.25) is 0 Å². The lowest BCUT2D eigenvalue weighted by Gasteiger charge is -2.50. The van der Waals surface area contributed by atoms with Gasteiger partial charge >= 0.3 is 0 Å². The van der Waals surface area contributed by atoms with Crippen molar-refractivity contribution in [3.8, 4) is 0 Å². The van der Waals surface area contributed by atoms with Gasteiger partial charge in [0.1, 0.15) is 0 Å². The molecule has 2 rings (SSSR count). The van der Waals surface area contributed by atoms with E-state index in [2.05, 4.69) is 15.9 Å². The van der Waals surface area contributed by atoms with Gasteiger partial charge in [-0.15, -0.1) is 0 Å². The summed E-state index contributed by atoms with van der Waals surface area (Å²) >= 11 is 3.62. The highest BCUT2D eigenvalue weighted by molar-refractivity contribution is 9.09. The first kappa shape index (κ1) is 4.37. The van der Waals surface area contributed by atoms with Crippen molar-refractivity contribution < 1.29 is 0 Å². The van der Waals surface area contributed by atoms with E-state index >= 15 is 0 Å². The second-order valence-electron chi connectivity index (χ2n) is 2.75. The normalized spacial score (nSPS) is 57.0. The lowest BCUT2D eigenvalue weighted by atomic mass is 9.60. The third-order valence-corrected chi connectivity index (χ3v) is 3.52. The highest BCUT2D eigenvalue weighted by Crippen LogP contribution is 2.53. The van der Waals surface area contributed by atoms with E-state index in [0.717, 1.165) is 16.7 Å². The molecule has 0 spiro atoms. The molecule has 40 valence electrons. The Morgan fingerprint density at radius 3 is 2.14 bits per heavy atom. The van der Waals surface area contributed by atoms with Crippen LogP contribution in [0.15, 0.2) is 0 Å². The molecule has 0 bridgehead atoms. The third kappa shape index (κ3) is 0.426. The second kappa shape index (κ2) is 1.25. The Labute approximate surface area is 52.4 Å². The van der Waals surface area contributed by atoms with Crippen LogP contribution in [-0.2, 0) is 0 Å². The van der Waals surface area contributed by atoms with Crippen molar-refractivity contribution in [3.05, 3.63) is 0 Å². The minimum atomic E-state index is 0.909. The molecule has 2 fully saturated rings. The fraction of sp³-hybridized carbons (Fsp3) is 1.00. The average molecular weight is 161 g/mol. The van der Waals surface area contributed by atoms with E-state index in [9.17, 15) is 0 Å². The molecule has 0 aromatic carbocycles. The van der Waals surface area contributed by atoms with Crippen LogP contribution in [0.25, 0.3) is 0 Å². The molecule has 0 aromatic rings. The van der Waals surface area contributed by atoms with Crippen molar-refractivity contribution in [2.75, 3.05) is 0 Å². The predicted molar refractivity (Wildman–Crippen MR) is 33.5 cm³/mol. The van der Waals surface area contributed by atoms with Gasteiger partial charge in [0.05, 0.1) is 0 Å². The number of hydrogen-bond donors (Lipinski definition) is 0. The molecule has 0 aliphatic heterocycles. The van der Waals surface area contributed by atoms with Crippen LogP contribution in [0.2, 0.25) is 0 Å². The average Bonchev–Trinajstić information content (AvgIpc) is 1.59. The molecule has 0 aromatic heterocycles. The van der Waals surface area contributed by atoms with E-state index in [4.69, 9.17) is 0 Å². The zero-order valence-corrected chi connectivity index (χ0v) is 5.82. The van der Waals surface area contributed by atoms with E-state index in [0.29, 0.717) is 0 Å². The van der Waals surface area contributed by atoms with Gasteiger partial charge in [-0.2, -0.15) is 0 Å². The van der Waals surface area contributed by atoms with Crippen LogP contribution in [0.3, 0.4) is 0 Å². The zero-order valence-electron chi connectivity index (χ0n) is 4.23. The Hall–Kier alpha value is 0.480. The number of alkyl halides is 1. The quantitative estimate of drug-likeness (QED) is 0.477. The van der Waals surface area contributed by atoms with Crippen LogP contribution in [0.1, 0.15) is 19.3 Å². The standard InChI is InChI=1S/C6H9Br/c7-6-3-4-1-2-5(4)6/h4-6H,1-3H2/t4-,5?,6?/m1/s1. The molecular formula is C6H9Br. The summed E-state index contributed by atoms with van der Waals surface area (Å²) in [4.78, 5) is 0.909. The Balaban J connectivity index is 1.99. The molecule has 0 nitrogen and oxygen atoms in total. The molecule has 1 heteroatoms. The van der Waals surface area contributed by atoms with Gasteiger partial charge in [0.15, 0.2) is 0 Å². The van der Waals surface area contributed by atoms with Gasteiger partial charge in [0.2, 0.25) is 0 Å². The van der Waals surface area contributed by atoms with Gasteiger partial charge in [-0.05, 0) is 31.1 Å². The monoisotopic (exact) mass is 160 g/mol. The summed E-state index contributed by atoms with van der Waals surface area (Å²) in [6, 6.07) is 0. The molecule has 2 aliphatic carbocycles. The summed E-state index contributed by atoms with van der Waals surface area (Å²) in [5, 5.41) is 0. The summed E-state index contributed by atoms with van der Waals surface area (Å²) in [5.74, 6) is 2.24. The Morgan fingerprint density at radius 1 is 1.29 bits per heavy atom. The summed E-state index contributed by atoms with van der Waals surface area (Å²) in [7, 11) is 0. The largest absolute Gasteiger partial charge is 0.0887 e. The van der Waals surface area contributed by atoms with Crippen molar-refractivity contribution >= 4 is 15.9 Å². The number of fused-ring (bicyclic) bond motifs is 1. The molecular weight excluding hydrogens is 152 g/mol. The number of rotatable bonds is 0. The van der Waals surface area contributed by atoms with Gasteiger partial charge in [0, 0.05) is 4.83 Å². The Kier molecular flexibility index (Phi) is 0.780. The first-order valence-electron chi connectivity index (χ1n) is 3.02. The minimum absolute atomic E-state index is 0.909.